The highest BCUT2D eigenvalue weighted by Crippen LogP contribution is 2.30. The fraction of sp³-hybridized carbons (Fsp3) is 0.444. The highest BCUT2D eigenvalue weighted by Gasteiger charge is 2.25. The molecular formula is C27H33N3O2. The van der Waals surface area contributed by atoms with Crippen LogP contribution in [0.2, 0.25) is 0 Å². The number of amides is 1. The minimum absolute atomic E-state index is 0.101. The molecule has 0 N–H and O–H groups in total. The van der Waals surface area contributed by atoms with E-state index in [9.17, 15) is 9.59 Å². The predicted octanol–water partition coefficient (Wildman–Crippen LogP) is 5.49. The molecule has 4 rings (SSSR count). The first-order valence-corrected chi connectivity index (χ1v) is 11.7. The van der Waals surface area contributed by atoms with Crippen LogP contribution in [0.4, 0.5) is 0 Å². The van der Waals surface area contributed by atoms with Gasteiger partial charge in [0.15, 0.2) is 0 Å². The van der Waals surface area contributed by atoms with Gasteiger partial charge in [-0.25, -0.2) is 4.98 Å². The van der Waals surface area contributed by atoms with Gasteiger partial charge < -0.3 is 4.90 Å². The Morgan fingerprint density at radius 2 is 1.88 bits per heavy atom. The lowest BCUT2D eigenvalue weighted by Gasteiger charge is -2.28. The van der Waals surface area contributed by atoms with Gasteiger partial charge in [-0.1, -0.05) is 55.5 Å². The zero-order valence-electron chi connectivity index (χ0n) is 19.6. The molecule has 1 aliphatic carbocycles. The maximum atomic E-state index is 13.6. The highest BCUT2D eigenvalue weighted by molar-refractivity contribution is 5.79. The van der Waals surface area contributed by atoms with Gasteiger partial charge >= 0.3 is 0 Å². The third-order valence-corrected chi connectivity index (χ3v) is 6.98. The highest BCUT2D eigenvalue weighted by atomic mass is 16.2. The van der Waals surface area contributed by atoms with Crippen LogP contribution in [0, 0.1) is 19.8 Å². The second kappa shape index (κ2) is 9.27. The van der Waals surface area contributed by atoms with Gasteiger partial charge in [-0.15, -0.1) is 0 Å². The zero-order valence-corrected chi connectivity index (χ0v) is 19.6. The summed E-state index contributed by atoms with van der Waals surface area (Å²) >= 11 is 0. The van der Waals surface area contributed by atoms with Crippen LogP contribution in [0.5, 0.6) is 0 Å². The molecule has 0 spiro atoms. The molecule has 1 saturated carbocycles. The van der Waals surface area contributed by atoms with Crippen LogP contribution < -0.4 is 5.56 Å². The average Bonchev–Trinajstić information content (AvgIpc) is 3.31. The number of aromatic nitrogens is 2. The van der Waals surface area contributed by atoms with Crippen LogP contribution in [0.3, 0.4) is 0 Å². The van der Waals surface area contributed by atoms with E-state index >= 15 is 0 Å². The molecule has 0 radical (unpaired) electrons. The van der Waals surface area contributed by atoms with E-state index in [2.05, 4.69) is 6.07 Å². The topological polar surface area (TPSA) is 55.2 Å². The molecule has 1 amide bonds. The van der Waals surface area contributed by atoms with E-state index in [1.54, 1.807) is 9.47 Å². The summed E-state index contributed by atoms with van der Waals surface area (Å²) in [6.07, 6.45) is 6.55. The molecule has 5 heteroatoms. The van der Waals surface area contributed by atoms with Gasteiger partial charge in [-0.05, 0) is 56.9 Å². The van der Waals surface area contributed by atoms with Crippen LogP contribution >= 0.6 is 0 Å². The van der Waals surface area contributed by atoms with Gasteiger partial charge in [-0.3, -0.25) is 14.2 Å². The number of aryl methyl sites for hydroxylation is 2. The predicted molar refractivity (Wildman–Crippen MR) is 129 cm³/mol. The second-order valence-electron chi connectivity index (χ2n) is 9.29. The Morgan fingerprint density at radius 3 is 2.59 bits per heavy atom. The maximum Gasteiger partial charge on any atom is 0.266 e. The standard InChI is InChI=1S/C27H33N3O2/c1-18-13-15-24(19(2)17-18)30-26(28-23-12-8-7-11-22(23)27(30)32)20(3)29(4)25(31)16-14-21-9-5-6-10-21/h7-8,11-13,15,17,20-21H,5-6,9-10,14,16H2,1-4H3. The average molecular weight is 432 g/mol. The van der Waals surface area contributed by atoms with Crippen molar-refractivity contribution in [1.82, 2.24) is 14.5 Å². The summed E-state index contributed by atoms with van der Waals surface area (Å²) in [7, 11) is 1.83. The van der Waals surface area contributed by atoms with Crippen LogP contribution in [0.1, 0.15) is 68.4 Å². The number of hydrogen-bond donors (Lipinski definition) is 0. The van der Waals surface area contributed by atoms with Crippen LogP contribution in [0.15, 0.2) is 47.3 Å². The summed E-state index contributed by atoms with van der Waals surface area (Å²) in [5.74, 6) is 1.38. The number of para-hydroxylation sites is 1. The van der Waals surface area contributed by atoms with E-state index < -0.39 is 0 Å². The van der Waals surface area contributed by atoms with Gasteiger partial charge in [0.25, 0.3) is 5.56 Å². The second-order valence-corrected chi connectivity index (χ2v) is 9.29. The molecule has 32 heavy (non-hydrogen) atoms. The van der Waals surface area contributed by atoms with E-state index in [0.29, 0.717) is 29.1 Å². The molecule has 0 bridgehead atoms. The summed E-state index contributed by atoms with van der Waals surface area (Å²) in [6, 6.07) is 13.2. The molecule has 168 valence electrons. The Morgan fingerprint density at radius 1 is 1.16 bits per heavy atom. The van der Waals surface area contributed by atoms with E-state index in [1.165, 1.54) is 25.7 Å². The van der Waals surface area contributed by atoms with Crippen molar-refractivity contribution in [3.8, 4) is 5.69 Å². The molecular weight excluding hydrogens is 398 g/mol. The molecule has 5 nitrogen and oxygen atoms in total. The Balaban J connectivity index is 1.74. The number of carbonyl (C=O) groups is 1. The summed E-state index contributed by atoms with van der Waals surface area (Å²) in [4.78, 5) is 33.3. The Labute approximate surface area is 190 Å². The number of nitrogens with zero attached hydrogens (tertiary/aromatic N) is 3. The third kappa shape index (κ3) is 4.34. The number of fused-ring (bicyclic) bond motifs is 1. The zero-order chi connectivity index (χ0) is 22.8. The number of carbonyl (C=O) groups excluding carboxylic acids is 1. The molecule has 1 unspecified atom stereocenters. The van der Waals surface area contributed by atoms with Crippen LogP contribution in [-0.4, -0.2) is 27.4 Å². The van der Waals surface area contributed by atoms with E-state index in [-0.39, 0.29) is 17.5 Å². The molecule has 1 atom stereocenters. The van der Waals surface area contributed by atoms with Gasteiger partial charge in [-0.2, -0.15) is 0 Å². The van der Waals surface area contributed by atoms with Gasteiger partial charge in [0.05, 0.1) is 22.6 Å². The quantitative estimate of drug-likeness (QED) is 0.518. The molecule has 1 fully saturated rings. The molecule has 1 aliphatic rings. The molecule has 0 saturated heterocycles. The molecule has 1 heterocycles. The summed E-state index contributed by atoms with van der Waals surface area (Å²) in [5, 5.41) is 0.582. The van der Waals surface area contributed by atoms with Gasteiger partial charge in [0.1, 0.15) is 5.82 Å². The lowest BCUT2D eigenvalue weighted by Crippen LogP contribution is -2.35. The van der Waals surface area contributed by atoms with Crippen molar-refractivity contribution in [1.29, 1.82) is 0 Å². The Hall–Kier alpha value is -2.95. The lowest BCUT2D eigenvalue weighted by atomic mass is 10.0. The van der Waals surface area contributed by atoms with Crippen molar-refractivity contribution in [2.45, 2.75) is 65.3 Å². The van der Waals surface area contributed by atoms with Crippen LogP contribution in [0.25, 0.3) is 16.6 Å². The fourth-order valence-electron chi connectivity index (χ4n) is 4.91. The van der Waals surface area contributed by atoms with Crippen molar-refractivity contribution >= 4 is 16.8 Å². The van der Waals surface area contributed by atoms with Crippen molar-refractivity contribution in [3.63, 3.8) is 0 Å². The van der Waals surface area contributed by atoms with Gasteiger partial charge in [0.2, 0.25) is 5.91 Å². The van der Waals surface area contributed by atoms with Crippen molar-refractivity contribution in [3.05, 3.63) is 69.8 Å². The summed E-state index contributed by atoms with van der Waals surface area (Å²) < 4.78 is 1.70. The van der Waals surface area contributed by atoms with E-state index in [4.69, 9.17) is 4.98 Å². The van der Waals surface area contributed by atoms with Gasteiger partial charge in [0, 0.05) is 13.5 Å². The Bertz CT molecular complexity index is 1190. The normalized spacial score (nSPS) is 15.2. The third-order valence-electron chi connectivity index (χ3n) is 6.98. The first-order valence-electron chi connectivity index (χ1n) is 11.7. The minimum atomic E-state index is -0.330. The molecule has 1 aromatic heterocycles. The van der Waals surface area contributed by atoms with E-state index in [0.717, 1.165) is 23.2 Å². The molecule has 2 aromatic carbocycles. The monoisotopic (exact) mass is 431 g/mol. The first kappa shape index (κ1) is 22.3. The van der Waals surface area contributed by atoms with E-state index in [1.807, 2.05) is 64.2 Å². The number of benzene rings is 2. The number of hydrogen-bond acceptors (Lipinski definition) is 3. The largest absolute Gasteiger partial charge is 0.336 e. The summed E-state index contributed by atoms with van der Waals surface area (Å²) in [6.45, 7) is 6.01. The molecule has 3 aromatic rings. The lowest BCUT2D eigenvalue weighted by molar-refractivity contribution is -0.132. The van der Waals surface area contributed by atoms with Crippen LogP contribution in [-0.2, 0) is 4.79 Å². The SMILES string of the molecule is Cc1ccc(-n2c(C(C)N(C)C(=O)CCC3CCCC3)nc3ccccc3c2=O)c(C)c1. The molecule has 0 aliphatic heterocycles. The summed E-state index contributed by atoms with van der Waals surface area (Å²) in [5.41, 5.74) is 3.52. The smallest absolute Gasteiger partial charge is 0.266 e. The minimum Gasteiger partial charge on any atom is -0.336 e. The first-order chi connectivity index (χ1) is 15.4. The van der Waals surface area contributed by atoms with Crippen molar-refractivity contribution < 1.29 is 4.79 Å². The van der Waals surface area contributed by atoms with Crippen molar-refractivity contribution in [2.75, 3.05) is 7.05 Å². The fourth-order valence-corrected chi connectivity index (χ4v) is 4.91. The Kier molecular flexibility index (Phi) is 6.45. The van der Waals surface area contributed by atoms with Crippen molar-refractivity contribution in [2.24, 2.45) is 5.92 Å². The maximum absolute atomic E-state index is 13.6. The number of rotatable bonds is 6.